The molecule has 3 heteroatoms. The number of nitrogens with two attached hydrogens (primary N) is 1. The number of hydrogen-bond acceptors (Lipinski definition) is 3. The second-order valence-electron chi connectivity index (χ2n) is 4.63. The van der Waals surface area contributed by atoms with Gasteiger partial charge in [-0.05, 0) is 19.8 Å². The largest absolute Gasteiger partial charge is 0.376 e. The smallest absolute Gasteiger partial charge is 0.0672 e. The lowest BCUT2D eigenvalue weighted by atomic mass is 9.98. The molecule has 0 aromatic rings. The van der Waals surface area contributed by atoms with Crippen LogP contribution in [0.2, 0.25) is 0 Å². The summed E-state index contributed by atoms with van der Waals surface area (Å²) in [6.45, 7) is 8.82. The Hall–Kier alpha value is -0.380. The van der Waals surface area contributed by atoms with Gasteiger partial charge in [-0.2, -0.15) is 0 Å². The van der Waals surface area contributed by atoms with Gasteiger partial charge in [0.1, 0.15) is 0 Å². The molecule has 0 saturated heterocycles. The Kier molecular flexibility index (Phi) is 5.29. The van der Waals surface area contributed by atoms with Crippen molar-refractivity contribution < 1.29 is 4.74 Å². The van der Waals surface area contributed by atoms with Crippen molar-refractivity contribution in [2.75, 3.05) is 26.3 Å². The van der Waals surface area contributed by atoms with Crippen LogP contribution < -0.4 is 11.1 Å². The zero-order valence-corrected chi connectivity index (χ0v) is 9.85. The highest BCUT2D eigenvalue weighted by atomic mass is 16.5. The zero-order chi connectivity index (χ0) is 11.1. The molecule has 0 atom stereocenters. The molecule has 0 aromatic carbocycles. The van der Waals surface area contributed by atoms with Gasteiger partial charge in [0, 0.05) is 18.6 Å². The highest BCUT2D eigenvalue weighted by Gasteiger charge is 2.31. The Labute approximate surface area is 93.1 Å². The predicted octanol–water partition coefficient (Wildman–Crippen LogP) is 1.44. The van der Waals surface area contributed by atoms with Crippen LogP contribution in [0.25, 0.3) is 0 Å². The van der Waals surface area contributed by atoms with Crippen LogP contribution in [-0.2, 0) is 4.74 Å². The summed E-state index contributed by atoms with van der Waals surface area (Å²) in [5, 5.41) is 3.54. The first-order valence-corrected chi connectivity index (χ1v) is 5.86. The standard InChI is InChI=1S/C12H24N2O/c1-11(2)9-15-8-7-14-12(10-13)5-3-4-6-12/h14H,1,3-10,13H2,2H3. The molecule has 1 aliphatic carbocycles. The van der Waals surface area contributed by atoms with Crippen molar-refractivity contribution >= 4 is 0 Å². The molecule has 1 fully saturated rings. The maximum atomic E-state index is 5.81. The van der Waals surface area contributed by atoms with E-state index in [1.807, 2.05) is 6.92 Å². The summed E-state index contributed by atoms with van der Waals surface area (Å²) in [5.74, 6) is 0. The molecule has 0 aliphatic heterocycles. The Bertz CT molecular complexity index is 198. The molecule has 1 saturated carbocycles. The van der Waals surface area contributed by atoms with Gasteiger partial charge in [-0.25, -0.2) is 0 Å². The van der Waals surface area contributed by atoms with Crippen LogP contribution in [-0.4, -0.2) is 31.8 Å². The second kappa shape index (κ2) is 6.26. The normalized spacial score (nSPS) is 19.3. The summed E-state index contributed by atoms with van der Waals surface area (Å²) < 4.78 is 5.44. The molecule has 0 bridgehead atoms. The summed E-state index contributed by atoms with van der Waals surface area (Å²) in [5.41, 5.74) is 7.09. The Morgan fingerprint density at radius 1 is 1.47 bits per heavy atom. The van der Waals surface area contributed by atoms with E-state index in [1.165, 1.54) is 25.7 Å². The van der Waals surface area contributed by atoms with Gasteiger partial charge in [0.25, 0.3) is 0 Å². The first-order chi connectivity index (χ1) is 7.18. The average molecular weight is 212 g/mol. The van der Waals surface area contributed by atoms with Crippen molar-refractivity contribution in [2.45, 2.75) is 38.1 Å². The Balaban J connectivity index is 2.10. The Morgan fingerprint density at radius 2 is 2.13 bits per heavy atom. The van der Waals surface area contributed by atoms with Gasteiger partial charge >= 0.3 is 0 Å². The maximum Gasteiger partial charge on any atom is 0.0672 e. The zero-order valence-electron chi connectivity index (χ0n) is 9.85. The van der Waals surface area contributed by atoms with E-state index in [-0.39, 0.29) is 5.54 Å². The topological polar surface area (TPSA) is 47.3 Å². The monoisotopic (exact) mass is 212 g/mol. The molecule has 3 N–H and O–H groups in total. The lowest BCUT2D eigenvalue weighted by Crippen LogP contribution is -2.50. The molecule has 1 aliphatic rings. The summed E-state index contributed by atoms with van der Waals surface area (Å²) in [7, 11) is 0. The predicted molar refractivity (Wildman–Crippen MR) is 63.9 cm³/mol. The van der Waals surface area contributed by atoms with E-state index in [9.17, 15) is 0 Å². The molecule has 1 rings (SSSR count). The number of nitrogens with one attached hydrogen (secondary N) is 1. The van der Waals surface area contributed by atoms with Crippen molar-refractivity contribution in [1.29, 1.82) is 0 Å². The van der Waals surface area contributed by atoms with Gasteiger partial charge < -0.3 is 15.8 Å². The van der Waals surface area contributed by atoms with Gasteiger partial charge in [-0.3, -0.25) is 0 Å². The lowest BCUT2D eigenvalue weighted by molar-refractivity contribution is 0.148. The van der Waals surface area contributed by atoms with Crippen molar-refractivity contribution in [3.05, 3.63) is 12.2 Å². The quantitative estimate of drug-likeness (QED) is 0.496. The fourth-order valence-corrected chi connectivity index (χ4v) is 2.14. The maximum absolute atomic E-state index is 5.81. The van der Waals surface area contributed by atoms with E-state index < -0.39 is 0 Å². The molecule has 88 valence electrons. The molecule has 15 heavy (non-hydrogen) atoms. The molecule has 3 nitrogen and oxygen atoms in total. The molecule has 0 amide bonds. The minimum Gasteiger partial charge on any atom is -0.376 e. The molecule has 0 spiro atoms. The van der Waals surface area contributed by atoms with Crippen LogP contribution in [0.3, 0.4) is 0 Å². The van der Waals surface area contributed by atoms with Crippen LogP contribution in [0.5, 0.6) is 0 Å². The number of hydrogen-bond donors (Lipinski definition) is 2. The van der Waals surface area contributed by atoms with Gasteiger partial charge in [0.2, 0.25) is 0 Å². The van der Waals surface area contributed by atoms with Gasteiger partial charge in [0.15, 0.2) is 0 Å². The van der Waals surface area contributed by atoms with E-state index in [2.05, 4.69) is 11.9 Å². The molecular weight excluding hydrogens is 188 g/mol. The third-order valence-electron chi connectivity index (χ3n) is 3.05. The molecule has 0 heterocycles. The molecule has 0 unspecified atom stereocenters. The summed E-state index contributed by atoms with van der Waals surface area (Å²) in [6, 6.07) is 0. The molecule has 0 aromatic heterocycles. The number of ether oxygens (including phenoxy) is 1. The van der Waals surface area contributed by atoms with E-state index in [0.717, 1.165) is 25.3 Å². The fourth-order valence-electron chi connectivity index (χ4n) is 2.14. The van der Waals surface area contributed by atoms with Crippen LogP contribution in [0.1, 0.15) is 32.6 Å². The van der Waals surface area contributed by atoms with Gasteiger partial charge in [-0.1, -0.05) is 25.0 Å². The summed E-state index contributed by atoms with van der Waals surface area (Å²) >= 11 is 0. The first-order valence-electron chi connectivity index (χ1n) is 5.86. The van der Waals surface area contributed by atoms with Crippen LogP contribution in [0.4, 0.5) is 0 Å². The van der Waals surface area contributed by atoms with Crippen LogP contribution in [0.15, 0.2) is 12.2 Å². The van der Waals surface area contributed by atoms with Crippen molar-refractivity contribution in [3.63, 3.8) is 0 Å². The third kappa shape index (κ3) is 4.33. The average Bonchev–Trinajstić information content (AvgIpc) is 2.66. The van der Waals surface area contributed by atoms with Crippen molar-refractivity contribution in [3.8, 4) is 0 Å². The van der Waals surface area contributed by atoms with E-state index in [0.29, 0.717) is 6.61 Å². The van der Waals surface area contributed by atoms with Crippen molar-refractivity contribution in [1.82, 2.24) is 5.32 Å². The molecule has 0 radical (unpaired) electrons. The van der Waals surface area contributed by atoms with Crippen LogP contribution >= 0.6 is 0 Å². The number of rotatable bonds is 7. The van der Waals surface area contributed by atoms with E-state index >= 15 is 0 Å². The second-order valence-corrected chi connectivity index (χ2v) is 4.63. The summed E-state index contributed by atoms with van der Waals surface area (Å²) in [4.78, 5) is 0. The van der Waals surface area contributed by atoms with E-state index in [1.54, 1.807) is 0 Å². The lowest BCUT2D eigenvalue weighted by Gasteiger charge is -2.28. The SMILES string of the molecule is C=C(C)COCCNC1(CN)CCCC1. The van der Waals surface area contributed by atoms with Gasteiger partial charge in [0.05, 0.1) is 13.2 Å². The highest BCUT2D eigenvalue weighted by molar-refractivity contribution is 4.93. The van der Waals surface area contributed by atoms with Crippen LogP contribution in [0, 0.1) is 0 Å². The van der Waals surface area contributed by atoms with Gasteiger partial charge in [-0.15, -0.1) is 0 Å². The minimum atomic E-state index is 0.201. The summed E-state index contributed by atoms with van der Waals surface area (Å²) in [6.07, 6.45) is 5.03. The van der Waals surface area contributed by atoms with E-state index in [4.69, 9.17) is 10.5 Å². The highest BCUT2D eigenvalue weighted by Crippen LogP contribution is 2.28. The van der Waals surface area contributed by atoms with Crippen molar-refractivity contribution in [2.24, 2.45) is 5.73 Å². The molecular formula is C12H24N2O. The fraction of sp³-hybridized carbons (Fsp3) is 0.833. The first kappa shape index (κ1) is 12.7. The minimum absolute atomic E-state index is 0.201. The third-order valence-corrected chi connectivity index (χ3v) is 3.05. The Morgan fingerprint density at radius 3 is 2.67 bits per heavy atom.